The van der Waals surface area contributed by atoms with Crippen LogP contribution >= 0.6 is 0 Å². The van der Waals surface area contributed by atoms with Crippen LogP contribution in [0.4, 0.5) is 37.8 Å². The van der Waals surface area contributed by atoms with Crippen molar-refractivity contribution in [1.29, 1.82) is 0 Å². The van der Waals surface area contributed by atoms with E-state index in [0.29, 0.717) is 18.0 Å². The molecule has 1 aliphatic rings. The Kier molecular flexibility index (Phi) is 5.79. The first-order valence-corrected chi connectivity index (χ1v) is 8.80. The summed E-state index contributed by atoms with van der Waals surface area (Å²) in [6, 6.07) is 3.44. The van der Waals surface area contributed by atoms with Gasteiger partial charge in [-0.2, -0.15) is 26.3 Å². The molecule has 0 bridgehead atoms. The van der Waals surface area contributed by atoms with E-state index in [4.69, 9.17) is 0 Å². The number of nitrogens with zero attached hydrogens (tertiary/aromatic N) is 4. The van der Waals surface area contributed by atoms with Crippen LogP contribution in [0.5, 0.6) is 0 Å². The van der Waals surface area contributed by atoms with E-state index in [1.54, 1.807) is 4.90 Å². The SMILES string of the molecule is O=C(c1cc(C(F)(F)F)cc(C(F)(F)F)c1)N1CCN(c2ccc([N+](=O)[O-])cn2)CC1. The fourth-order valence-electron chi connectivity index (χ4n) is 3.07. The topological polar surface area (TPSA) is 79.6 Å². The van der Waals surface area contributed by atoms with Gasteiger partial charge in [0.15, 0.2) is 0 Å². The molecule has 0 radical (unpaired) electrons. The molecule has 31 heavy (non-hydrogen) atoms. The summed E-state index contributed by atoms with van der Waals surface area (Å²) >= 11 is 0. The van der Waals surface area contributed by atoms with E-state index >= 15 is 0 Å². The largest absolute Gasteiger partial charge is 0.416 e. The standard InChI is InChI=1S/C18H14F6N4O3/c19-17(20,21)12-7-11(8-13(9-12)18(22,23)24)16(29)27-5-3-26(4-6-27)15-2-1-14(10-25-15)28(30)31/h1-2,7-10H,3-6H2. The van der Waals surface area contributed by atoms with Crippen LogP contribution in [0.2, 0.25) is 0 Å². The molecule has 0 spiro atoms. The molecule has 1 aromatic carbocycles. The maximum Gasteiger partial charge on any atom is 0.416 e. The van der Waals surface area contributed by atoms with E-state index < -0.39 is 39.9 Å². The van der Waals surface area contributed by atoms with Crippen molar-refractivity contribution in [1.82, 2.24) is 9.88 Å². The molecule has 2 aromatic rings. The molecule has 13 heteroatoms. The molecule has 0 N–H and O–H groups in total. The third-order valence-electron chi connectivity index (χ3n) is 4.67. The molecule has 0 saturated carbocycles. The number of rotatable bonds is 3. The lowest BCUT2D eigenvalue weighted by Crippen LogP contribution is -2.49. The second-order valence-corrected chi connectivity index (χ2v) is 6.71. The average molecular weight is 448 g/mol. The molecule has 7 nitrogen and oxygen atoms in total. The van der Waals surface area contributed by atoms with Crippen molar-refractivity contribution >= 4 is 17.4 Å². The van der Waals surface area contributed by atoms with Gasteiger partial charge in [0, 0.05) is 37.8 Å². The van der Waals surface area contributed by atoms with E-state index in [2.05, 4.69) is 4.98 Å². The quantitative estimate of drug-likeness (QED) is 0.403. The van der Waals surface area contributed by atoms with Gasteiger partial charge < -0.3 is 9.80 Å². The Morgan fingerprint density at radius 2 is 1.48 bits per heavy atom. The Balaban J connectivity index is 1.76. The summed E-state index contributed by atoms with van der Waals surface area (Å²) in [5.74, 6) is -0.552. The van der Waals surface area contributed by atoms with E-state index in [1.165, 1.54) is 12.1 Å². The fraction of sp³-hybridized carbons (Fsp3) is 0.333. The molecule has 0 aliphatic carbocycles. The molecule has 2 heterocycles. The molecule has 1 saturated heterocycles. The van der Waals surface area contributed by atoms with E-state index in [-0.39, 0.29) is 37.9 Å². The molecule has 1 amide bonds. The van der Waals surface area contributed by atoms with Gasteiger partial charge in [0.1, 0.15) is 12.0 Å². The third kappa shape index (κ3) is 5.03. The number of pyridine rings is 1. The van der Waals surface area contributed by atoms with Gasteiger partial charge in [0.05, 0.1) is 16.1 Å². The summed E-state index contributed by atoms with van der Waals surface area (Å²) in [6.45, 7) is 0.438. The molecule has 1 aromatic heterocycles. The number of hydrogen-bond donors (Lipinski definition) is 0. The van der Waals surface area contributed by atoms with Crippen LogP contribution in [-0.2, 0) is 12.4 Å². The Labute approximate surface area is 171 Å². The van der Waals surface area contributed by atoms with Gasteiger partial charge in [0.2, 0.25) is 0 Å². The monoisotopic (exact) mass is 448 g/mol. The highest BCUT2D eigenvalue weighted by molar-refractivity contribution is 5.95. The Hall–Kier alpha value is -3.38. The maximum atomic E-state index is 13.0. The molecular formula is C18H14F6N4O3. The van der Waals surface area contributed by atoms with Crippen molar-refractivity contribution in [3.05, 3.63) is 63.3 Å². The van der Waals surface area contributed by atoms with E-state index in [1.807, 2.05) is 0 Å². The number of nitro groups is 1. The summed E-state index contributed by atoms with van der Waals surface area (Å²) in [5.41, 5.74) is -4.02. The van der Waals surface area contributed by atoms with Crippen molar-refractivity contribution in [3.8, 4) is 0 Å². The lowest BCUT2D eigenvalue weighted by atomic mass is 10.0. The summed E-state index contributed by atoms with van der Waals surface area (Å²) in [7, 11) is 0. The molecule has 1 fully saturated rings. The molecule has 0 atom stereocenters. The normalized spacial score (nSPS) is 15.2. The molecule has 0 unspecified atom stereocenters. The second kappa shape index (κ2) is 8.04. The van der Waals surface area contributed by atoms with Gasteiger partial charge in [-0.05, 0) is 24.3 Å². The molecule has 166 valence electrons. The minimum Gasteiger partial charge on any atom is -0.353 e. The van der Waals surface area contributed by atoms with Crippen molar-refractivity contribution in [2.24, 2.45) is 0 Å². The summed E-state index contributed by atoms with van der Waals surface area (Å²) in [6.07, 6.45) is -9.03. The van der Waals surface area contributed by atoms with Crippen LogP contribution in [0.3, 0.4) is 0 Å². The lowest BCUT2D eigenvalue weighted by molar-refractivity contribution is -0.385. The highest BCUT2D eigenvalue weighted by atomic mass is 19.4. The minimum absolute atomic E-state index is 0.0229. The predicted molar refractivity (Wildman–Crippen MR) is 95.5 cm³/mol. The zero-order valence-electron chi connectivity index (χ0n) is 15.6. The smallest absolute Gasteiger partial charge is 0.353 e. The molecular weight excluding hydrogens is 434 g/mol. The van der Waals surface area contributed by atoms with Gasteiger partial charge in [0.25, 0.3) is 11.6 Å². The Bertz CT molecular complexity index is 951. The van der Waals surface area contributed by atoms with Crippen molar-refractivity contribution in [3.63, 3.8) is 0 Å². The number of carbonyl (C=O) groups is 1. The number of hydrogen-bond acceptors (Lipinski definition) is 5. The lowest BCUT2D eigenvalue weighted by Gasteiger charge is -2.35. The number of piperazine rings is 1. The highest BCUT2D eigenvalue weighted by Gasteiger charge is 2.38. The number of halogens is 6. The third-order valence-corrected chi connectivity index (χ3v) is 4.67. The zero-order valence-corrected chi connectivity index (χ0v) is 15.6. The second-order valence-electron chi connectivity index (χ2n) is 6.71. The highest BCUT2D eigenvalue weighted by Crippen LogP contribution is 2.36. The van der Waals surface area contributed by atoms with Crippen molar-refractivity contribution in [2.45, 2.75) is 12.4 Å². The number of amides is 1. The van der Waals surface area contributed by atoms with E-state index in [0.717, 1.165) is 11.1 Å². The molecule has 1 aliphatic heterocycles. The van der Waals surface area contributed by atoms with Gasteiger partial charge in [-0.1, -0.05) is 0 Å². The van der Waals surface area contributed by atoms with Crippen LogP contribution in [0.15, 0.2) is 36.5 Å². The Morgan fingerprint density at radius 3 is 1.90 bits per heavy atom. The summed E-state index contributed by atoms with van der Waals surface area (Å²) in [4.78, 5) is 29.5. The van der Waals surface area contributed by atoms with Crippen LogP contribution < -0.4 is 4.90 Å². The van der Waals surface area contributed by atoms with Crippen LogP contribution in [0, 0.1) is 10.1 Å². The van der Waals surface area contributed by atoms with Gasteiger partial charge in [-0.25, -0.2) is 4.98 Å². The number of benzene rings is 1. The van der Waals surface area contributed by atoms with Crippen molar-refractivity contribution < 1.29 is 36.1 Å². The summed E-state index contributed by atoms with van der Waals surface area (Å²) < 4.78 is 78.1. The van der Waals surface area contributed by atoms with Gasteiger partial charge >= 0.3 is 12.4 Å². The van der Waals surface area contributed by atoms with E-state index in [9.17, 15) is 41.3 Å². The van der Waals surface area contributed by atoms with Gasteiger partial charge in [-0.15, -0.1) is 0 Å². The fourth-order valence-corrected chi connectivity index (χ4v) is 3.07. The van der Waals surface area contributed by atoms with Gasteiger partial charge in [-0.3, -0.25) is 14.9 Å². The van der Waals surface area contributed by atoms with Crippen molar-refractivity contribution in [2.75, 3.05) is 31.1 Å². The number of alkyl halides is 6. The van der Waals surface area contributed by atoms with Crippen LogP contribution in [0.25, 0.3) is 0 Å². The number of carbonyl (C=O) groups excluding carboxylic acids is 1. The minimum atomic E-state index is -5.05. The Morgan fingerprint density at radius 1 is 0.935 bits per heavy atom. The maximum absolute atomic E-state index is 13.0. The predicted octanol–water partition coefficient (Wildman–Crippen LogP) is 3.99. The first kappa shape index (κ1) is 22.3. The number of aromatic nitrogens is 1. The molecule has 3 rings (SSSR count). The van der Waals surface area contributed by atoms with Crippen LogP contribution in [0.1, 0.15) is 21.5 Å². The summed E-state index contributed by atoms with van der Waals surface area (Å²) in [5, 5.41) is 10.7. The first-order chi connectivity index (χ1) is 14.4. The number of anilines is 1. The first-order valence-electron chi connectivity index (χ1n) is 8.80. The average Bonchev–Trinajstić information content (AvgIpc) is 2.72. The van der Waals surface area contributed by atoms with Crippen LogP contribution in [-0.4, -0.2) is 46.9 Å². The zero-order chi connectivity index (χ0) is 23.0.